The molecule has 0 atom stereocenters. The lowest BCUT2D eigenvalue weighted by Gasteiger charge is -2.10. The molecule has 2 aromatic carbocycles. The van der Waals surface area contributed by atoms with Gasteiger partial charge in [-0.2, -0.15) is 0 Å². The number of rotatable bonds is 6. The minimum absolute atomic E-state index is 0.166. The van der Waals surface area contributed by atoms with Gasteiger partial charge in [0.2, 0.25) is 0 Å². The summed E-state index contributed by atoms with van der Waals surface area (Å²) in [5.41, 5.74) is 2.87. The summed E-state index contributed by atoms with van der Waals surface area (Å²) >= 11 is 0. The van der Waals surface area contributed by atoms with Crippen LogP contribution in [0.3, 0.4) is 0 Å². The van der Waals surface area contributed by atoms with Crippen LogP contribution in [-0.4, -0.2) is 20.9 Å². The van der Waals surface area contributed by atoms with E-state index in [0.29, 0.717) is 17.8 Å². The number of sulfonamides is 1. The van der Waals surface area contributed by atoms with Crippen LogP contribution < -0.4 is 10.0 Å². The van der Waals surface area contributed by atoms with Crippen molar-refractivity contribution >= 4 is 21.6 Å². The second-order valence-corrected chi connectivity index (χ2v) is 7.37. The number of nitrogens with one attached hydrogen (secondary N) is 2. The molecule has 0 spiro atoms. The molecule has 0 fully saturated rings. The molecule has 2 aromatic rings. The van der Waals surface area contributed by atoms with Gasteiger partial charge in [-0.15, -0.1) is 0 Å². The summed E-state index contributed by atoms with van der Waals surface area (Å²) in [5, 5.41) is 2.78. The SMILES string of the molecule is CCCNC(=O)c1ccc(NS(=O)(=O)c2ccc(C)c(C)c2)cc1. The van der Waals surface area contributed by atoms with Crippen LogP contribution in [0.15, 0.2) is 47.4 Å². The van der Waals surface area contributed by atoms with E-state index in [0.717, 1.165) is 17.5 Å². The summed E-state index contributed by atoms with van der Waals surface area (Å²) in [6.07, 6.45) is 0.861. The first-order chi connectivity index (χ1) is 11.3. The highest BCUT2D eigenvalue weighted by atomic mass is 32.2. The third-order valence-corrected chi connectivity index (χ3v) is 5.10. The average Bonchev–Trinajstić information content (AvgIpc) is 2.55. The van der Waals surface area contributed by atoms with Gasteiger partial charge < -0.3 is 5.32 Å². The molecule has 0 aromatic heterocycles. The second kappa shape index (κ2) is 7.49. The van der Waals surface area contributed by atoms with Crippen LogP contribution in [0.1, 0.15) is 34.8 Å². The molecular weight excluding hydrogens is 324 g/mol. The number of benzene rings is 2. The molecule has 6 heteroatoms. The fraction of sp³-hybridized carbons (Fsp3) is 0.278. The molecule has 128 valence electrons. The summed E-state index contributed by atoms with van der Waals surface area (Å²) < 4.78 is 27.4. The first-order valence-electron chi connectivity index (χ1n) is 7.82. The minimum Gasteiger partial charge on any atom is -0.352 e. The smallest absolute Gasteiger partial charge is 0.261 e. The van der Waals surface area contributed by atoms with Crippen molar-refractivity contribution in [1.82, 2.24) is 5.32 Å². The van der Waals surface area contributed by atoms with E-state index in [1.54, 1.807) is 42.5 Å². The van der Waals surface area contributed by atoms with Gasteiger partial charge in [-0.25, -0.2) is 8.42 Å². The molecule has 1 amide bonds. The molecule has 0 saturated carbocycles. The first kappa shape index (κ1) is 18.0. The lowest BCUT2D eigenvalue weighted by Crippen LogP contribution is -2.23. The fourth-order valence-electron chi connectivity index (χ4n) is 2.13. The second-order valence-electron chi connectivity index (χ2n) is 5.68. The van der Waals surface area contributed by atoms with Gasteiger partial charge in [0.25, 0.3) is 15.9 Å². The monoisotopic (exact) mass is 346 g/mol. The van der Waals surface area contributed by atoms with E-state index >= 15 is 0 Å². The number of amides is 1. The molecule has 2 rings (SSSR count). The standard InChI is InChI=1S/C18H22N2O3S/c1-4-11-19-18(21)15-6-8-16(9-7-15)20-24(22,23)17-10-5-13(2)14(3)12-17/h5-10,12,20H,4,11H2,1-3H3,(H,19,21). The van der Waals surface area contributed by atoms with Crippen LogP contribution >= 0.6 is 0 Å². The molecule has 0 bridgehead atoms. The summed E-state index contributed by atoms with van der Waals surface area (Å²) in [6.45, 7) is 6.39. The highest BCUT2D eigenvalue weighted by Crippen LogP contribution is 2.19. The summed E-state index contributed by atoms with van der Waals surface area (Å²) in [4.78, 5) is 12.1. The van der Waals surface area contributed by atoms with E-state index in [-0.39, 0.29) is 10.8 Å². The lowest BCUT2D eigenvalue weighted by atomic mass is 10.1. The molecule has 5 nitrogen and oxygen atoms in total. The number of aryl methyl sites for hydroxylation is 2. The van der Waals surface area contributed by atoms with Crippen molar-refractivity contribution in [2.45, 2.75) is 32.1 Å². The van der Waals surface area contributed by atoms with Gasteiger partial charge in [-0.3, -0.25) is 9.52 Å². The van der Waals surface area contributed by atoms with Gasteiger partial charge in [-0.1, -0.05) is 13.0 Å². The molecule has 24 heavy (non-hydrogen) atoms. The van der Waals surface area contributed by atoms with Gasteiger partial charge in [0, 0.05) is 17.8 Å². The topological polar surface area (TPSA) is 75.3 Å². The Morgan fingerprint density at radius 3 is 2.25 bits per heavy atom. The summed E-state index contributed by atoms with van der Waals surface area (Å²) in [5.74, 6) is -0.166. The zero-order valence-corrected chi connectivity index (χ0v) is 14.9. The van der Waals surface area contributed by atoms with E-state index in [9.17, 15) is 13.2 Å². The molecule has 0 aliphatic carbocycles. The van der Waals surface area contributed by atoms with Gasteiger partial charge in [0.05, 0.1) is 4.90 Å². The number of carbonyl (C=O) groups is 1. The van der Waals surface area contributed by atoms with E-state index in [4.69, 9.17) is 0 Å². The van der Waals surface area contributed by atoms with Gasteiger partial charge in [0.1, 0.15) is 0 Å². The maximum atomic E-state index is 12.4. The Kier molecular flexibility index (Phi) is 5.62. The van der Waals surface area contributed by atoms with Crippen molar-refractivity contribution < 1.29 is 13.2 Å². The number of anilines is 1. The molecule has 0 heterocycles. The molecule has 0 saturated heterocycles. The largest absolute Gasteiger partial charge is 0.352 e. The van der Waals surface area contributed by atoms with E-state index in [1.165, 1.54) is 0 Å². The molecular formula is C18H22N2O3S. The normalized spacial score (nSPS) is 11.1. The third kappa shape index (κ3) is 4.35. The van der Waals surface area contributed by atoms with Crippen molar-refractivity contribution in [2.75, 3.05) is 11.3 Å². The quantitative estimate of drug-likeness (QED) is 0.843. The van der Waals surface area contributed by atoms with E-state index < -0.39 is 10.0 Å². The highest BCUT2D eigenvalue weighted by molar-refractivity contribution is 7.92. The van der Waals surface area contributed by atoms with Crippen LogP contribution in [0.4, 0.5) is 5.69 Å². The lowest BCUT2D eigenvalue weighted by molar-refractivity contribution is 0.0953. The Morgan fingerprint density at radius 2 is 1.67 bits per heavy atom. The number of hydrogen-bond acceptors (Lipinski definition) is 3. The van der Waals surface area contributed by atoms with Crippen LogP contribution in [0.2, 0.25) is 0 Å². The van der Waals surface area contributed by atoms with E-state index in [2.05, 4.69) is 10.0 Å². The number of hydrogen-bond donors (Lipinski definition) is 2. The van der Waals surface area contributed by atoms with Crippen LogP contribution in [-0.2, 0) is 10.0 Å². The van der Waals surface area contributed by atoms with Crippen molar-refractivity contribution in [3.05, 3.63) is 59.2 Å². The summed E-state index contributed by atoms with van der Waals surface area (Å²) in [6, 6.07) is 11.4. The predicted molar refractivity (Wildman–Crippen MR) is 95.8 cm³/mol. The molecule has 2 N–H and O–H groups in total. The fourth-order valence-corrected chi connectivity index (χ4v) is 3.27. The van der Waals surface area contributed by atoms with Crippen LogP contribution in [0, 0.1) is 13.8 Å². The maximum absolute atomic E-state index is 12.4. The van der Waals surface area contributed by atoms with Gasteiger partial charge in [0.15, 0.2) is 0 Å². The molecule has 0 aliphatic rings. The average molecular weight is 346 g/mol. The highest BCUT2D eigenvalue weighted by Gasteiger charge is 2.15. The zero-order chi connectivity index (χ0) is 17.7. The van der Waals surface area contributed by atoms with Crippen molar-refractivity contribution in [1.29, 1.82) is 0 Å². The first-order valence-corrected chi connectivity index (χ1v) is 9.30. The minimum atomic E-state index is -3.65. The predicted octanol–water partition coefficient (Wildman–Crippen LogP) is 3.24. The Hall–Kier alpha value is -2.34. The van der Waals surface area contributed by atoms with Crippen LogP contribution in [0.25, 0.3) is 0 Å². The molecule has 0 aliphatic heterocycles. The van der Waals surface area contributed by atoms with Crippen molar-refractivity contribution in [3.8, 4) is 0 Å². The van der Waals surface area contributed by atoms with Gasteiger partial charge in [-0.05, 0) is 67.8 Å². The Bertz CT molecular complexity index is 828. The third-order valence-electron chi connectivity index (χ3n) is 3.72. The van der Waals surface area contributed by atoms with Crippen molar-refractivity contribution in [3.63, 3.8) is 0 Å². The van der Waals surface area contributed by atoms with Crippen molar-refractivity contribution in [2.24, 2.45) is 0 Å². The Labute approximate surface area is 143 Å². The van der Waals surface area contributed by atoms with Crippen LogP contribution in [0.5, 0.6) is 0 Å². The van der Waals surface area contributed by atoms with Gasteiger partial charge >= 0.3 is 0 Å². The Morgan fingerprint density at radius 1 is 1.00 bits per heavy atom. The maximum Gasteiger partial charge on any atom is 0.261 e. The molecule has 0 unspecified atom stereocenters. The summed E-state index contributed by atoms with van der Waals surface area (Å²) in [7, 11) is -3.65. The Balaban J connectivity index is 2.15. The number of carbonyl (C=O) groups excluding carboxylic acids is 1. The van der Waals surface area contributed by atoms with E-state index in [1.807, 2.05) is 20.8 Å². The molecule has 0 radical (unpaired) electrons. The zero-order valence-electron chi connectivity index (χ0n) is 14.1.